The Morgan fingerprint density at radius 2 is 1.71 bits per heavy atom. The Morgan fingerprint density at radius 1 is 1.09 bits per heavy atom. The molecule has 0 atom stereocenters. The zero-order valence-electron chi connectivity index (χ0n) is 18.1. The van der Waals surface area contributed by atoms with Gasteiger partial charge >= 0.3 is 0 Å². The molecular formula is C23H18ClFN4O3S3. The number of rotatable bonds is 5. The molecule has 7 nitrogen and oxygen atoms in total. The number of nitrogens with zero attached hydrogens (tertiary/aromatic N) is 3. The van der Waals surface area contributed by atoms with Gasteiger partial charge in [0, 0.05) is 23.1 Å². The van der Waals surface area contributed by atoms with Gasteiger partial charge in [0.25, 0.3) is 0 Å². The number of sulfonamides is 1. The molecule has 180 valence electrons. The molecule has 0 aliphatic heterocycles. The van der Waals surface area contributed by atoms with Crippen molar-refractivity contribution in [2.45, 2.75) is 9.79 Å². The highest BCUT2D eigenvalue weighted by Crippen LogP contribution is 2.32. The first kappa shape index (κ1) is 25.3. The van der Waals surface area contributed by atoms with E-state index in [1.807, 2.05) is 30.3 Å². The maximum absolute atomic E-state index is 13.8. The molecule has 12 heteroatoms. The van der Waals surface area contributed by atoms with E-state index in [2.05, 4.69) is 0 Å². The number of hydroxylamine groups is 2. The summed E-state index contributed by atoms with van der Waals surface area (Å²) < 4.78 is 39.0. The second-order valence-electron chi connectivity index (χ2n) is 7.41. The van der Waals surface area contributed by atoms with Crippen molar-refractivity contribution in [2.75, 3.05) is 7.05 Å². The van der Waals surface area contributed by atoms with Crippen LogP contribution in [0.5, 0.6) is 0 Å². The first-order valence-corrected chi connectivity index (χ1v) is 13.1. The summed E-state index contributed by atoms with van der Waals surface area (Å²) in [7, 11) is -2.40. The van der Waals surface area contributed by atoms with Crippen LogP contribution in [0.2, 0.25) is 5.02 Å². The number of hydrogen-bond acceptors (Lipinski definition) is 6. The summed E-state index contributed by atoms with van der Waals surface area (Å²) in [6.07, 6.45) is 0. The minimum absolute atomic E-state index is 0.0282. The van der Waals surface area contributed by atoms with Gasteiger partial charge in [0.2, 0.25) is 10.0 Å². The third kappa shape index (κ3) is 5.72. The molecule has 0 aliphatic carbocycles. The van der Waals surface area contributed by atoms with E-state index in [9.17, 15) is 18.0 Å². The van der Waals surface area contributed by atoms with Crippen LogP contribution in [0.1, 0.15) is 0 Å². The van der Waals surface area contributed by atoms with E-state index in [4.69, 9.17) is 34.1 Å². The van der Waals surface area contributed by atoms with Crippen molar-refractivity contribution in [3.8, 4) is 28.2 Å². The Balaban J connectivity index is 1.78. The van der Waals surface area contributed by atoms with E-state index >= 15 is 0 Å². The zero-order valence-corrected chi connectivity index (χ0v) is 21.3. The topological polar surface area (TPSA) is 101 Å². The first-order chi connectivity index (χ1) is 16.5. The monoisotopic (exact) mass is 548 g/mol. The van der Waals surface area contributed by atoms with Crippen LogP contribution in [0.25, 0.3) is 28.2 Å². The van der Waals surface area contributed by atoms with Gasteiger partial charge in [0.15, 0.2) is 4.32 Å². The van der Waals surface area contributed by atoms with Crippen molar-refractivity contribution >= 4 is 49.9 Å². The summed E-state index contributed by atoms with van der Waals surface area (Å²) in [5, 5.41) is 20.2. The molecule has 1 aromatic heterocycles. The van der Waals surface area contributed by atoms with E-state index in [-0.39, 0.29) is 9.92 Å². The van der Waals surface area contributed by atoms with Crippen LogP contribution in [0.3, 0.4) is 0 Å². The van der Waals surface area contributed by atoms with Crippen molar-refractivity contribution in [1.29, 1.82) is 0 Å². The zero-order chi connectivity index (χ0) is 25.3. The van der Waals surface area contributed by atoms with Crippen LogP contribution in [-0.4, -0.2) is 39.8 Å². The highest BCUT2D eigenvalue weighted by atomic mass is 35.5. The van der Waals surface area contributed by atoms with Gasteiger partial charge in [-0.15, -0.1) is 0 Å². The number of nitrogens with two attached hydrogens (primary N) is 1. The quantitative estimate of drug-likeness (QED) is 0.197. The molecule has 0 fully saturated rings. The maximum atomic E-state index is 13.8. The van der Waals surface area contributed by atoms with Gasteiger partial charge in [-0.3, -0.25) is 5.21 Å². The molecule has 3 N–H and O–H groups in total. The maximum Gasteiger partial charge on any atom is 0.238 e. The molecule has 4 rings (SSSR count). The van der Waals surface area contributed by atoms with E-state index in [0.717, 1.165) is 15.5 Å². The first-order valence-electron chi connectivity index (χ1n) is 9.96. The van der Waals surface area contributed by atoms with Crippen LogP contribution in [-0.2, 0) is 10.0 Å². The average molecular weight is 549 g/mol. The normalized spacial score (nSPS) is 11.5. The van der Waals surface area contributed by atoms with Crippen molar-refractivity contribution in [3.63, 3.8) is 0 Å². The molecule has 0 aliphatic rings. The van der Waals surface area contributed by atoms with Crippen molar-refractivity contribution in [2.24, 2.45) is 5.14 Å². The molecular weight excluding hydrogens is 531 g/mol. The number of halogens is 2. The molecule has 4 aromatic rings. The SMILES string of the molecule is CN(O)C(=S)Sc1ccc(-c2cc(-c3ccc(F)c(Cl)c3)n(-c3ccc(S(N)(=O)=O)cc3)n2)cc1. The van der Waals surface area contributed by atoms with Gasteiger partial charge in [-0.05, 0) is 60.7 Å². The lowest BCUT2D eigenvalue weighted by atomic mass is 10.1. The van der Waals surface area contributed by atoms with Crippen molar-refractivity contribution in [3.05, 3.63) is 83.6 Å². The highest BCUT2D eigenvalue weighted by molar-refractivity contribution is 8.22. The minimum Gasteiger partial charge on any atom is -0.287 e. The predicted octanol–water partition coefficient (Wildman–Crippen LogP) is 5.34. The number of thiocarbonyl (C=S) groups is 1. The number of thioether (sulfide) groups is 1. The summed E-state index contributed by atoms with van der Waals surface area (Å²) in [6, 6.07) is 19.5. The van der Waals surface area contributed by atoms with Crippen LogP contribution >= 0.6 is 35.6 Å². The van der Waals surface area contributed by atoms with E-state index in [1.54, 1.807) is 22.9 Å². The van der Waals surface area contributed by atoms with Gasteiger partial charge < -0.3 is 0 Å². The highest BCUT2D eigenvalue weighted by Gasteiger charge is 2.16. The van der Waals surface area contributed by atoms with Gasteiger partial charge in [0.05, 0.1) is 27.0 Å². The number of aromatic nitrogens is 2. The van der Waals surface area contributed by atoms with Crippen molar-refractivity contribution < 1.29 is 18.0 Å². The number of benzene rings is 3. The fourth-order valence-corrected chi connectivity index (χ4v) is 4.81. The second-order valence-corrected chi connectivity index (χ2v) is 11.1. The van der Waals surface area contributed by atoms with Crippen LogP contribution in [0.4, 0.5) is 4.39 Å². The third-order valence-corrected chi connectivity index (χ3v) is 7.63. The largest absolute Gasteiger partial charge is 0.287 e. The molecule has 0 saturated carbocycles. The molecule has 0 bridgehead atoms. The van der Waals surface area contributed by atoms with E-state index in [1.165, 1.54) is 43.1 Å². The molecule has 0 spiro atoms. The third-order valence-electron chi connectivity index (χ3n) is 4.95. The predicted molar refractivity (Wildman–Crippen MR) is 139 cm³/mol. The Bertz CT molecular complexity index is 1510. The minimum atomic E-state index is -3.85. The van der Waals surface area contributed by atoms with E-state index < -0.39 is 15.8 Å². The smallest absolute Gasteiger partial charge is 0.238 e. The Labute approximate surface area is 215 Å². The Morgan fingerprint density at radius 3 is 2.29 bits per heavy atom. The molecule has 3 aromatic carbocycles. The van der Waals surface area contributed by atoms with Gasteiger partial charge in [-0.25, -0.2) is 27.7 Å². The molecule has 1 heterocycles. The molecule has 0 radical (unpaired) electrons. The Kier molecular flexibility index (Phi) is 7.27. The number of primary sulfonamides is 1. The summed E-state index contributed by atoms with van der Waals surface area (Å²) in [6.45, 7) is 0. The average Bonchev–Trinajstić information content (AvgIpc) is 3.26. The fraction of sp³-hybridized carbons (Fsp3) is 0.0435. The summed E-state index contributed by atoms with van der Waals surface area (Å²) in [4.78, 5) is 0.808. The van der Waals surface area contributed by atoms with Crippen LogP contribution in [0.15, 0.2) is 82.6 Å². The summed E-state index contributed by atoms with van der Waals surface area (Å²) in [5.41, 5.74) is 3.23. The van der Waals surface area contributed by atoms with Gasteiger partial charge in [-0.1, -0.05) is 47.7 Å². The second kappa shape index (κ2) is 10.1. The molecule has 0 saturated heterocycles. The van der Waals surface area contributed by atoms with Gasteiger partial charge in [-0.2, -0.15) is 5.10 Å². The van der Waals surface area contributed by atoms with Crippen LogP contribution in [0, 0.1) is 5.82 Å². The van der Waals surface area contributed by atoms with Gasteiger partial charge in [0.1, 0.15) is 5.82 Å². The molecule has 0 unspecified atom stereocenters. The molecule has 0 amide bonds. The Hall–Kier alpha value is -2.80. The van der Waals surface area contributed by atoms with Crippen LogP contribution < -0.4 is 5.14 Å². The number of hydrogen-bond donors (Lipinski definition) is 2. The fourth-order valence-electron chi connectivity index (χ4n) is 3.22. The lowest BCUT2D eigenvalue weighted by Crippen LogP contribution is -2.16. The lowest BCUT2D eigenvalue weighted by Gasteiger charge is -2.10. The van der Waals surface area contributed by atoms with E-state index in [0.29, 0.717) is 27.0 Å². The van der Waals surface area contributed by atoms with Crippen molar-refractivity contribution in [1.82, 2.24) is 14.8 Å². The summed E-state index contributed by atoms with van der Waals surface area (Å²) >= 11 is 12.4. The molecule has 35 heavy (non-hydrogen) atoms. The summed E-state index contributed by atoms with van der Waals surface area (Å²) in [5.74, 6) is -0.543. The standard InChI is InChI=1S/C23H18ClFN4O3S3/c1-28(30)23(33)34-17-7-2-14(3-8-17)21-13-22(15-4-11-20(25)19(24)12-15)29(27-21)16-5-9-18(10-6-16)35(26,31)32/h2-13,30H,1H3,(H2,26,31,32). The lowest BCUT2D eigenvalue weighted by molar-refractivity contribution is 0.0205.